The van der Waals surface area contributed by atoms with Crippen LogP contribution in [0.4, 0.5) is 0 Å². The lowest BCUT2D eigenvalue weighted by Gasteiger charge is -2.31. The fourth-order valence-electron chi connectivity index (χ4n) is 10.3. The van der Waals surface area contributed by atoms with Gasteiger partial charge in [0.2, 0.25) is 0 Å². The third kappa shape index (κ3) is 17.3. The van der Waals surface area contributed by atoms with Gasteiger partial charge in [0.05, 0.1) is 0 Å². The molecule has 2 aromatic rings. The lowest BCUT2D eigenvalue weighted by molar-refractivity contribution is 0.241. The van der Waals surface area contributed by atoms with Crippen LogP contribution >= 0.6 is 11.3 Å². The molecule has 0 saturated heterocycles. The fraction of sp³-hybridized carbons (Fsp3) is 0.545. The molecule has 1 heterocycles. The zero-order valence-corrected chi connectivity index (χ0v) is 48.5. The molecule has 4 atom stereocenters. The highest BCUT2D eigenvalue weighted by Gasteiger charge is 2.32. The topological polar surface area (TPSA) is 24.1 Å². The van der Waals surface area contributed by atoms with Crippen LogP contribution in [-0.4, -0.2) is 6.71 Å². The minimum atomic E-state index is -0.0367. The van der Waals surface area contributed by atoms with Crippen LogP contribution < -0.4 is 15.4 Å². The summed E-state index contributed by atoms with van der Waals surface area (Å²) in [5.74, 6) is 2.64. The highest BCUT2D eigenvalue weighted by molar-refractivity contribution is 7.30. The zero-order chi connectivity index (χ0) is 51.8. The van der Waals surface area contributed by atoms with Crippen LogP contribution in [0, 0.1) is 34.0 Å². The van der Waals surface area contributed by atoms with E-state index < -0.39 is 0 Å². The summed E-state index contributed by atoms with van der Waals surface area (Å²) in [6, 6.07) is 7.62. The summed E-state index contributed by atoms with van der Waals surface area (Å²) in [7, 11) is 0. The minimum Gasteiger partial charge on any atom is -0.368 e. The van der Waals surface area contributed by atoms with Crippen molar-refractivity contribution in [3.8, 4) is 0 Å². The van der Waals surface area contributed by atoms with Gasteiger partial charge >= 0.3 is 0 Å². The van der Waals surface area contributed by atoms with Gasteiger partial charge in [0, 0.05) is 16.1 Å². The molecule has 2 nitrogen and oxygen atoms in total. The van der Waals surface area contributed by atoms with Gasteiger partial charge < -0.3 is 10.6 Å². The van der Waals surface area contributed by atoms with Gasteiger partial charge in [-0.15, -0.1) is 11.3 Å². The first kappa shape index (κ1) is 58.6. The van der Waals surface area contributed by atoms with Crippen LogP contribution in [0.15, 0.2) is 149 Å². The predicted octanol–water partition coefficient (Wildman–Crippen LogP) is 19.7. The third-order valence-electron chi connectivity index (χ3n) is 15.5. The average molecular weight is 963 g/mol. The Morgan fingerprint density at radius 3 is 2.19 bits per heavy atom. The second kappa shape index (κ2) is 27.2. The highest BCUT2D eigenvalue weighted by Crippen LogP contribution is 2.42. The largest absolute Gasteiger partial charge is 0.368 e. The van der Waals surface area contributed by atoms with Crippen LogP contribution in [0.5, 0.6) is 0 Å². The number of thiophene rings is 1. The molecule has 4 unspecified atom stereocenters. The van der Waals surface area contributed by atoms with Gasteiger partial charge in [-0.25, -0.2) is 0 Å². The maximum Gasteiger partial charge on any atom is 0.258 e. The molecule has 2 aliphatic rings. The van der Waals surface area contributed by atoms with Crippen molar-refractivity contribution in [1.29, 1.82) is 0 Å². The lowest BCUT2D eigenvalue weighted by Crippen LogP contribution is -2.37. The Morgan fingerprint density at radius 1 is 0.914 bits per heavy atom. The normalized spacial score (nSPS) is 22.2. The molecule has 1 aromatic heterocycles. The summed E-state index contributed by atoms with van der Waals surface area (Å²) in [5.41, 5.74) is 12.7. The number of allylic oxidation sites excluding steroid dienone is 17. The molecule has 382 valence electrons. The van der Waals surface area contributed by atoms with Crippen LogP contribution in [0.1, 0.15) is 211 Å². The van der Waals surface area contributed by atoms with E-state index in [4.69, 9.17) is 0 Å². The molecule has 0 radical (unpaired) electrons. The smallest absolute Gasteiger partial charge is 0.258 e. The zero-order valence-electron chi connectivity index (χ0n) is 47.7. The Hall–Kier alpha value is -4.02. The number of hydrogen-bond acceptors (Lipinski definition) is 3. The first-order valence-electron chi connectivity index (χ1n) is 27.6. The van der Waals surface area contributed by atoms with E-state index in [0.29, 0.717) is 29.6 Å². The van der Waals surface area contributed by atoms with Crippen molar-refractivity contribution in [1.82, 2.24) is 10.6 Å². The molecule has 0 spiro atoms. The highest BCUT2D eigenvalue weighted by atomic mass is 32.1. The van der Waals surface area contributed by atoms with Crippen molar-refractivity contribution < 1.29 is 0 Å². The first-order valence-corrected chi connectivity index (χ1v) is 28.4. The number of hydrogen-bond donors (Lipinski definition) is 2. The first-order chi connectivity index (χ1) is 33.1. The Bertz CT molecular complexity index is 2300. The Balaban J connectivity index is 1.94. The number of fused-ring (bicyclic) bond motifs is 2. The van der Waals surface area contributed by atoms with Crippen LogP contribution in [-0.2, 0) is 0 Å². The summed E-state index contributed by atoms with van der Waals surface area (Å²) < 4.78 is 2.76. The summed E-state index contributed by atoms with van der Waals surface area (Å²) in [6.45, 7) is 44.2. The van der Waals surface area contributed by atoms with E-state index in [2.05, 4.69) is 232 Å². The molecule has 4 rings (SSSR count). The van der Waals surface area contributed by atoms with Gasteiger partial charge in [0.15, 0.2) is 0 Å². The summed E-state index contributed by atoms with van der Waals surface area (Å²) >= 11 is 1.99. The van der Waals surface area contributed by atoms with E-state index >= 15 is 0 Å². The second-order valence-electron chi connectivity index (χ2n) is 24.2. The standard InChI is InChI=1S/C66H99BN2S/c1-19-28-53(49(9)21-3)41-56(23-5)67(63-43-54-42-58-50(10)33-34-51(11)59(58)44-62(54)70-63)60(61(29-20-2)69-57-32-27-36-65(15,16)38-39-66(17,18)37-35-57)46-68-45-48(8)40-52(47(6)7)30-25-24-26-31-55(22-4)64(12,13)14/h20,22-23,25-27,29-32,35,41-47,49-52,68-69H,2,19,21,24,28,33-34,36-40H2,1,3-18H3/b30-25+,31-26-,32-27-,48-45+,53-41+,55-22+,56-23+,57-35+,60-46-,61-29+. The molecule has 0 amide bonds. The summed E-state index contributed by atoms with van der Waals surface area (Å²) in [6.07, 6.45) is 44.9. The van der Waals surface area contributed by atoms with Gasteiger partial charge in [-0.2, -0.15) is 0 Å². The van der Waals surface area contributed by atoms with Crippen LogP contribution in [0.25, 0.3) is 10.1 Å². The average Bonchev–Trinajstić information content (AvgIpc) is 3.72. The Labute approximate surface area is 435 Å². The van der Waals surface area contributed by atoms with Crippen molar-refractivity contribution in [2.45, 2.75) is 200 Å². The molecule has 2 aliphatic carbocycles. The van der Waals surface area contributed by atoms with Crippen molar-refractivity contribution >= 4 is 32.9 Å². The quantitative estimate of drug-likeness (QED) is 0.0740. The number of rotatable bonds is 21. The molecular formula is C66H99BN2S. The predicted molar refractivity (Wildman–Crippen MR) is 318 cm³/mol. The number of benzene rings is 1. The van der Waals surface area contributed by atoms with Gasteiger partial charge in [-0.05, 0) is 206 Å². The van der Waals surface area contributed by atoms with Crippen LogP contribution in [0.2, 0.25) is 0 Å². The fourth-order valence-corrected chi connectivity index (χ4v) is 11.5. The van der Waals surface area contributed by atoms with E-state index in [1.807, 2.05) is 17.4 Å². The van der Waals surface area contributed by atoms with E-state index in [1.165, 1.54) is 68.2 Å². The Morgan fingerprint density at radius 2 is 1.59 bits per heavy atom. The van der Waals surface area contributed by atoms with E-state index in [1.54, 1.807) is 11.1 Å². The molecule has 2 N–H and O–H groups in total. The molecule has 0 aliphatic heterocycles. The molecule has 0 bridgehead atoms. The van der Waals surface area contributed by atoms with Gasteiger partial charge in [0.25, 0.3) is 6.71 Å². The van der Waals surface area contributed by atoms with Gasteiger partial charge in [0.1, 0.15) is 0 Å². The summed E-state index contributed by atoms with van der Waals surface area (Å²) in [5, 5.41) is 9.30. The molecule has 0 saturated carbocycles. The maximum atomic E-state index is 4.34. The van der Waals surface area contributed by atoms with E-state index in [-0.39, 0.29) is 23.0 Å². The van der Waals surface area contributed by atoms with Crippen LogP contribution in [0.3, 0.4) is 0 Å². The third-order valence-corrected chi connectivity index (χ3v) is 16.7. The molecular weight excluding hydrogens is 864 g/mol. The van der Waals surface area contributed by atoms with E-state index in [9.17, 15) is 0 Å². The second-order valence-corrected chi connectivity index (χ2v) is 25.3. The van der Waals surface area contributed by atoms with Crippen molar-refractivity contribution in [3.05, 3.63) is 160 Å². The van der Waals surface area contributed by atoms with E-state index in [0.717, 1.165) is 56.3 Å². The Kier molecular flexibility index (Phi) is 22.7. The van der Waals surface area contributed by atoms with Gasteiger partial charge in [-0.1, -0.05) is 187 Å². The van der Waals surface area contributed by atoms with Gasteiger partial charge in [-0.3, -0.25) is 0 Å². The maximum absolute atomic E-state index is 4.34. The molecule has 0 fully saturated rings. The summed E-state index contributed by atoms with van der Waals surface area (Å²) in [4.78, 5) is 0. The van der Waals surface area contributed by atoms with Crippen molar-refractivity contribution in [2.24, 2.45) is 34.0 Å². The van der Waals surface area contributed by atoms with Crippen molar-refractivity contribution in [3.63, 3.8) is 0 Å². The monoisotopic (exact) mass is 963 g/mol. The molecule has 4 heteroatoms. The molecule has 1 aromatic carbocycles. The minimum absolute atomic E-state index is 0.0367. The molecule has 70 heavy (non-hydrogen) atoms. The van der Waals surface area contributed by atoms with Crippen molar-refractivity contribution in [2.75, 3.05) is 0 Å². The SMILES string of the molecule is C=C/C=C(NC1=C/CC(C)(C)CCC(C)(C)C/C=C\1)\C(=C\N/C=C(\C)CC(/C=C/C/C=C\C(=C/C)C(C)(C)C)C(C)C)B(C(=C/C)/C=C(\CCC)C(C)CC)c1cc2cc3c(cc2s1)C(C)CCC3C. The lowest BCUT2D eigenvalue weighted by atomic mass is 9.37. The number of nitrogens with one attached hydrogen (secondary N) is 2.